The summed E-state index contributed by atoms with van der Waals surface area (Å²) >= 11 is 0. The Labute approximate surface area is 117 Å². The van der Waals surface area contributed by atoms with Gasteiger partial charge in [-0.05, 0) is 19.1 Å². The van der Waals surface area contributed by atoms with E-state index in [-0.39, 0.29) is 12.1 Å². The maximum Gasteiger partial charge on any atom is 0.325 e. The first-order chi connectivity index (χ1) is 9.56. The molecular formula is C14H15N3O3. The Hall–Kier alpha value is -2.81. The monoisotopic (exact) mass is 273 g/mol. The third-order valence-corrected chi connectivity index (χ3v) is 2.39. The number of ether oxygens (including phenoxy) is 1. The molecule has 1 amide bonds. The summed E-state index contributed by atoms with van der Waals surface area (Å²) in [4.78, 5) is 22.7. The molecule has 0 atom stereocenters. The van der Waals surface area contributed by atoms with Gasteiger partial charge in [0.25, 0.3) is 5.91 Å². The van der Waals surface area contributed by atoms with Crippen LogP contribution in [0.1, 0.15) is 5.56 Å². The summed E-state index contributed by atoms with van der Waals surface area (Å²) in [6.45, 7) is 1.82. The predicted molar refractivity (Wildman–Crippen MR) is 73.5 cm³/mol. The zero-order chi connectivity index (χ0) is 15.0. The molecule has 0 fully saturated rings. The number of carbonyl (C=O) groups excluding carboxylic acids is 2. The van der Waals surface area contributed by atoms with Gasteiger partial charge in [0.2, 0.25) is 0 Å². The number of benzene rings is 1. The highest BCUT2D eigenvalue weighted by molar-refractivity contribution is 6.06. The molecule has 2 N–H and O–H groups in total. The number of esters is 1. The average molecular weight is 273 g/mol. The van der Waals surface area contributed by atoms with Gasteiger partial charge in [-0.3, -0.25) is 9.59 Å². The molecule has 0 aliphatic heterocycles. The van der Waals surface area contributed by atoms with E-state index in [2.05, 4.69) is 15.4 Å². The van der Waals surface area contributed by atoms with Crippen molar-refractivity contribution in [2.75, 3.05) is 19.0 Å². The fraction of sp³-hybridized carbons (Fsp3) is 0.214. The van der Waals surface area contributed by atoms with Crippen molar-refractivity contribution in [1.82, 2.24) is 5.32 Å². The first-order valence-electron chi connectivity index (χ1n) is 5.85. The minimum atomic E-state index is -0.547. The quantitative estimate of drug-likeness (QED) is 0.476. The first kappa shape index (κ1) is 15.2. The van der Waals surface area contributed by atoms with Crippen LogP contribution in [0.4, 0.5) is 5.69 Å². The van der Waals surface area contributed by atoms with Crippen LogP contribution in [0.15, 0.2) is 36.0 Å². The van der Waals surface area contributed by atoms with Gasteiger partial charge in [-0.15, -0.1) is 0 Å². The van der Waals surface area contributed by atoms with Crippen LogP contribution in [0.2, 0.25) is 0 Å². The Morgan fingerprint density at radius 3 is 2.55 bits per heavy atom. The molecule has 0 spiro atoms. The van der Waals surface area contributed by atoms with Crippen molar-refractivity contribution in [2.24, 2.45) is 0 Å². The molecule has 0 saturated heterocycles. The van der Waals surface area contributed by atoms with Crippen molar-refractivity contribution in [2.45, 2.75) is 6.92 Å². The smallest absolute Gasteiger partial charge is 0.325 e. The number of carbonyl (C=O) groups is 2. The third-order valence-electron chi connectivity index (χ3n) is 2.39. The van der Waals surface area contributed by atoms with Gasteiger partial charge < -0.3 is 15.4 Å². The minimum absolute atomic E-state index is 0.112. The van der Waals surface area contributed by atoms with E-state index in [1.807, 2.05) is 19.1 Å². The van der Waals surface area contributed by atoms with Crippen molar-refractivity contribution in [3.8, 4) is 6.07 Å². The van der Waals surface area contributed by atoms with E-state index >= 15 is 0 Å². The number of rotatable bonds is 5. The van der Waals surface area contributed by atoms with Crippen LogP contribution in [-0.4, -0.2) is 25.5 Å². The lowest BCUT2D eigenvalue weighted by Gasteiger charge is -2.05. The summed E-state index contributed by atoms with van der Waals surface area (Å²) < 4.78 is 4.42. The summed E-state index contributed by atoms with van der Waals surface area (Å²) in [6, 6.07) is 8.94. The lowest BCUT2D eigenvalue weighted by Crippen LogP contribution is -2.22. The zero-order valence-corrected chi connectivity index (χ0v) is 11.3. The summed E-state index contributed by atoms with van der Waals surface area (Å²) in [6.07, 6.45) is 1.18. The van der Waals surface area contributed by atoms with Crippen molar-refractivity contribution >= 4 is 17.6 Å². The number of hydrogen-bond donors (Lipinski definition) is 2. The van der Waals surface area contributed by atoms with E-state index in [9.17, 15) is 9.59 Å². The number of nitrogens with zero attached hydrogens (tertiary/aromatic N) is 1. The van der Waals surface area contributed by atoms with Gasteiger partial charge in [-0.2, -0.15) is 5.26 Å². The molecule has 1 rings (SSSR count). The normalized spacial score (nSPS) is 10.3. The number of methoxy groups -OCH3 is 1. The van der Waals surface area contributed by atoms with Crippen LogP contribution < -0.4 is 10.6 Å². The standard InChI is InChI=1S/C14H15N3O3/c1-10-3-5-12(6-4-10)17-14(19)11(7-15)8-16-9-13(18)20-2/h3-6,8,16H,9H2,1-2H3,(H,17,19)/b11-8-. The van der Waals surface area contributed by atoms with Gasteiger partial charge in [0.05, 0.1) is 7.11 Å². The Kier molecular flexibility index (Phi) is 5.78. The second-order valence-corrected chi connectivity index (χ2v) is 3.95. The number of aryl methyl sites for hydroxylation is 1. The van der Waals surface area contributed by atoms with Gasteiger partial charge in [0.15, 0.2) is 0 Å². The molecule has 0 unspecified atom stereocenters. The number of amides is 1. The van der Waals surface area contributed by atoms with E-state index in [0.29, 0.717) is 5.69 Å². The highest BCUT2D eigenvalue weighted by Crippen LogP contribution is 2.09. The maximum atomic E-state index is 11.8. The van der Waals surface area contributed by atoms with Crippen LogP contribution in [0.25, 0.3) is 0 Å². The van der Waals surface area contributed by atoms with E-state index in [1.165, 1.54) is 13.3 Å². The molecule has 0 saturated carbocycles. The molecule has 0 aromatic heterocycles. The average Bonchev–Trinajstić information content (AvgIpc) is 2.45. The molecule has 6 nitrogen and oxygen atoms in total. The fourth-order valence-electron chi connectivity index (χ4n) is 1.29. The third kappa shape index (κ3) is 4.82. The Bertz CT molecular complexity index is 556. The molecule has 0 aliphatic rings. The van der Waals surface area contributed by atoms with Crippen molar-refractivity contribution in [1.29, 1.82) is 5.26 Å². The summed E-state index contributed by atoms with van der Waals surface area (Å²) in [5, 5.41) is 14.0. The fourth-order valence-corrected chi connectivity index (χ4v) is 1.29. The number of nitriles is 1. The summed E-state index contributed by atoms with van der Waals surface area (Å²) in [7, 11) is 1.25. The maximum absolute atomic E-state index is 11.8. The van der Waals surface area contributed by atoms with Crippen LogP contribution in [0.5, 0.6) is 0 Å². The Morgan fingerprint density at radius 2 is 2.00 bits per heavy atom. The molecule has 0 bridgehead atoms. The zero-order valence-electron chi connectivity index (χ0n) is 11.3. The lowest BCUT2D eigenvalue weighted by molar-refractivity contribution is -0.139. The second kappa shape index (κ2) is 7.59. The molecule has 104 valence electrons. The van der Waals surface area contributed by atoms with E-state index in [0.717, 1.165) is 5.56 Å². The molecule has 1 aromatic rings. The highest BCUT2D eigenvalue weighted by atomic mass is 16.5. The predicted octanol–water partition coefficient (Wildman–Crippen LogP) is 1.10. The van der Waals surface area contributed by atoms with Gasteiger partial charge in [-0.1, -0.05) is 17.7 Å². The number of nitrogens with one attached hydrogen (secondary N) is 2. The van der Waals surface area contributed by atoms with Crippen molar-refractivity contribution < 1.29 is 14.3 Å². The molecule has 0 radical (unpaired) electrons. The van der Waals surface area contributed by atoms with E-state index in [4.69, 9.17) is 5.26 Å². The number of anilines is 1. The molecule has 0 heterocycles. The number of hydrogen-bond acceptors (Lipinski definition) is 5. The van der Waals surface area contributed by atoms with Gasteiger partial charge >= 0.3 is 5.97 Å². The largest absolute Gasteiger partial charge is 0.468 e. The van der Waals surface area contributed by atoms with Gasteiger partial charge in [0, 0.05) is 11.9 Å². The van der Waals surface area contributed by atoms with Crippen molar-refractivity contribution in [3.63, 3.8) is 0 Å². The minimum Gasteiger partial charge on any atom is -0.468 e. The molecule has 6 heteroatoms. The first-order valence-corrected chi connectivity index (χ1v) is 5.85. The summed E-state index contributed by atoms with van der Waals surface area (Å²) in [5.41, 5.74) is 1.53. The van der Waals surface area contributed by atoms with Crippen molar-refractivity contribution in [3.05, 3.63) is 41.6 Å². The van der Waals surface area contributed by atoms with Crippen LogP contribution in [0, 0.1) is 18.3 Å². The topological polar surface area (TPSA) is 91.2 Å². The van der Waals surface area contributed by atoms with Crippen LogP contribution in [-0.2, 0) is 14.3 Å². The molecule has 20 heavy (non-hydrogen) atoms. The van der Waals surface area contributed by atoms with Crippen LogP contribution in [0.3, 0.4) is 0 Å². The lowest BCUT2D eigenvalue weighted by atomic mass is 10.2. The molecule has 1 aromatic carbocycles. The SMILES string of the molecule is COC(=O)CN/C=C(/C#N)C(=O)Nc1ccc(C)cc1. The molecule has 0 aliphatic carbocycles. The molecular weight excluding hydrogens is 258 g/mol. The summed E-state index contributed by atoms with van der Waals surface area (Å²) in [5.74, 6) is -1.04. The Balaban J connectivity index is 2.63. The van der Waals surface area contributed by atoms with E-state index in [1.54, 1.807) is 18.2 Å². The van der Waals surface area contributed by atoms with Gasteiger partial charge in [-0.25, -0.2) is 0 Å². The van der Waals surface area contributed by atoms with Crippen LogP contribution >= 0.6 is 0 Å². The highest BCUT2D eigenvalue weighted by Gasteiger charge is 2.09. The van der Waals surface area contributed by atoms with E-state index < -0.39 is 11.9 Å². The second-order valence-electron chi connectivity index (χ2n) is 3.95. The Morgan fingerprint density at radius 1 is 1.35 bits per heavy atom. The van der Waals surface area contributed by atoms with Gasteiger partial charge in [0.1, 0.15) is 18.2 Å².